The van der Waals surface area contributed by atoms with Gasteiger partial charge in [0.1, 0.15) is 11.6 Å². The molecule has 1 N–H and O–H groups in total. The zero-order chi connectivity index (χ0) is 13.8. The van der Waals surface area contributed by atoms with E-state index < -0.39 is 11.6 Å². The van der Waals surface area contributed by atoms with E-state index in [1.807, 2.05) is 25.2 Å². The second kappa shape index (κ2) is 6.50. The molecule has 19 heavy (non-hydrogen) atoms. The third-order valence-corrected chi connectivity index (χ3v) is 4.15. The van der Waals surface area contributed by atoms with Gasteiger partial charge < -0.3 is 5.32 Å². The van der Waals surface area contributed by atoms with Crippen LogP contribution in [-0.2, 0) is 6.54 Å². The van der Waals surface area contributed by atoms with Gasteiger partial charge in [-0.1, -0.05) is 27.7 Å². The molecule has 0 saturated carbocycles. The van der Waals surface area contributed by atoms with Crippen LogP contribution in [0.4, 0.5) is 8.78 Å². The van der Waals surface area contributed by atoms with Crippen LogP contribution in [0.2, 0.25) is 0 Å². The lowest BCUT2D eigenvalue weighted by Gasteiger charge is -2.10. The first-order chi connectivity index (χ1) is 9.10. The number of hydrogen-bond donors (Lipinski definition) is 1. The van der Waals surface area contributed by atoms with E-state index in [-0.39, 0.29) is 0 Å². The Balaban J connectivity index is 2.34. The van der Waals surface area contributed by atoms with Gasteiger partial charge in [0.25, 0.3) is 0 Å². The molecule has 0 saturated heterocycles. The molecule has 100 valence electrons. The zero-order valence-electron chi connectivity index (χ0n) is 10.2. The summed E-state index contributed by atoms with van der Waals surface area (Å²) in [5.74, 6) is -0.846. The van der Waals surface area contributed by atoms with Gasteiger partial charge in [-0.05, 0) is 49.0 Å². The lowest BCUT2D eigenvalue weighted by molar-refractivity contribution is 0.577. The van der Waals surface area contributed by atoms with Crippen molar-refractivity contribution < 1.29 is 8.78 Å². The predicted molar refractivity (Wildman–Crippen MR) is 77.4 cm³/mol. The second-order valence-electron chi connectivity index (χ2n) is 3.96. The van der Waals surface area contributed by atoms with Gasteiger partial charge in [-0.3, -0.25) is 0 Å². The van der Waals surface area contributed by atoms with Crippen LogP contribution in [0.1, 0.15) is 5.56 Å². The number of halogens is 3. The minimum absolute atomic E-state index is 0.291. The summed E-state index contributed by atoms with van der Waals surface area (Å²) in [6, 6.07) is 9.23. The first-order valence-electron chi connectivity index (χ1n) is 5.66. The minimum Gasteiger partial charge on any atom is -0.316 e. The topological polar surface area (TPSA) is 12.0 Å². The molecule has 0 amide bonds. The molecule has 0 aliphatic rings. The molecular weight excluding hydrogens is 332 g/mol. The fourth-order valence-electron chi connectivity index (χ4n) is 1.65. The van der Waals surface area contributed by atoms with Crippen molar-refractivity contribution in [3.05, 3.63) is 58.1 Å². The Labute approximate surface area is 123 Å². The van der Waals surface area contributed by atoms with Crippen LogP contribution >= 0.6 is 27.7 Å². The summed E-state index contributed by atoms with van der Waals surface area (Å²) in [6.07, 6.45) is 0. The molecule has 0 atom stereocenters. The first kappa shape index (κ1) is 14.5. The van der Waals surface area contributed by atoms with Gasteiger partial charge in [-0.25, -0.2) is 8.78 Å². The van der Waals surface area contributed by atoms with Crippen molar-refractivity contribution in [2.75, 3.05) is 7.05 Å². The molecular formula is C14H12BrF2NS. The Morgan fingerprint density at radius 3 is 2.63 bits per heavy atom. The molecule has 2 aromatic rings. The number of nitrogens with one attached hydrogen (secondary N) is 1. The van der Waals surface area contributed by atoms with Crippen LogP contribution in [0.3, 0.4) is 0 Å². The highest BCUT2D eigenvalue weighted by atomic mass is 79.9. The average Bonchev–Trinajstić information content (AvgIpc) is 2.37. The fourth-order valence-corrected chi connectivity index (χ4v) is 3.03. The molecule has 0 bridgehead atoms. The van der Waals surface area contributed by atoms with Gasteiger partial charge in [0.15, 0.2) is 0 Å². The summed E-state index contributed by atoms with van der Waals surface area (Å²) in [5, 5.41) is 3.06. The van der Waals surface area contributed by atoms with Crippen molar-refractivity contribution in [2.24, 2.45) is 0 Å². The van der Waals surface area contributed by atoms with E-state index in [1.54, 1.807) is 0 Å². The number of hydrogen-bond acceptors (Lipinski definition) is 2. The van der Waals surface area contributed by atoms with Crippen molar-refractivity contribution in [1.82, 2.24) is 5.32 Å². The van der Waals surface area contributed by atoms with Crippen LogP contribution < -0.4 is 5.32 Å². The minimum atomic E-state index is -0.434. The summed E-state index contributed by atoms with van der Waals surface area (Å²) in [5.41, 5.74) is 1.03. The van der Waals surface area contributed by atoms with E-state index >= 15 is 0 Å². The SMILES string of the molecule is CNCc1cc(Br)ccc1Sc1cc(F)ccc1F. The standard InChI is InChI=1S/C14H12BrF2NS/c1-18-8-9-6-10(15)2-5-13(9)19-14-7-11(16)3-4-12(14)17/h2-7,18H,8H2,1H3. The van der Waals surface area contributed by atoms with E-state index in [0.717, 1.165) is 27.1 Å². The quantitative estimate of drug-likeness (QED) is 0.870. The van der Waals surface area contributed by atoms with E-state index in [2.05, 4.69) is 21.2 Å². The van der Waals surface area contributed by atoms with Crippen molar-refractivity contribution in [1.29, 1.82) is 0 Å². The molecule has 0 radical (unpaired) electrons. The normalized spacial score (nSPS) is 10.7. The van der Waals surface area contributed by atoms with Crippen LogP contribution in [0.5, 0.6) is 0 Å². The van der Waals surface area contributed by atoms with Gasteiger partial charge in [-0.2, -0.15) is 0 Å². The molecule has 0 fully saturated rings. The molecule has 0 aliphatic heterocycles. The third kappa shape index (κ3) is 3.78. The van der Waals surface area contributed by atoms with Gasteiger partial charge in [0, 0.05) is 15.9 Å². The second-order valence-corrected chi connectivity index (χ2v) is 5.96. The molecule has 2 rings (SSSR count). The summed E-state index contributed by atoms with van der Waals surface area (Å²) in [7, 11) is 1.85. The average molecular weight is 344 g/mol. The molecule has 0 aliphatic carbocycles. The summed E-state index contributed by atoms with van der Waals surface area (Å²) in [4.78, 5) is 1.20. The van der Waals surface area contributed by atoms with Crippen molar-refractivity contribution in [2.45, 2.75) is 16.3 Å². The molecule has 0 heterocycles. The highest BCUT2D eigenvalue weighted by molar-refractivity contribution is 9.10. The first-order valence-corrected chi connectivity index (χ1v) is 7.27. The molecule has 0 aromatic heterocycles. The highest BCUT2D eigenvalue weighted by Gasteiger charge is 2.09. The van der Waals surface area contributed by atoms with Crippen LogP contribution in [0.25, 0.3) is 0 Å². The number of benzene rings is 2. The highest BCUT2D eigenvalue weighted by Crippen LogP contribution is 2.34. The van der Waals surface area contributed by atoms with Crippen LogP contribution in [-0.4, -0.2) is 7.05 Å². The summed E-state index contributed by atoms with van der Waals surface area (Å²) >= 11 is 4.63. The maximum atomic E-state index is 13.6. The maximum Gasteiger partial charge on any atom is 0.137 e. The molecule has 5 heteroatoms. The Hall–Kier alpha value is -0.910. The fraction of sp³-hybridized carbons (Fsp3) is 0.143. The summed E-state index contributed by atoms with van der Waals surface area (Å²) < 4.78 is 27.8. The van der Waals surface area contributed by atoms with E-state index in [4.69, 9.17) is 0 Å². The van der Waals surface area contributed by atoms with Gasteiger partial charge in [0.05, 0.1) is 4.90 Å². The maximum absolute atomic E-state index is 13.6. The Morgan fingerprint density at radius 2 is 1.89 bits per heavy atom. The zero-order valence-corrected chi connectivity index (χ0v) is 12.6. The Morgan fingerprint density at radius 1 is 1.11 bits per heavy atom. The van der Waals surface area contributed by atoms with Crippen LogP contribution in [0, 0.1) is 11.6 Å². The third-order valence-electron chi connectivity index (χ3n) is 2.50. The largest absolute Gasteiger partial charge is 0.316 e. The monoisotopic (exact) mass is 343 g/mol. The Kier molecular flexibility index (Phi) is 4.96. The van der Waals surface area contributed by atoms with Crippen molar-refractivity contribution in [3.8, 4) is 0 Å². The number of rotatable bonds is 4. The molecule has 0 spiro atoms. The molecule has 1 nitrogen and oxygen atoms in total. The van der Waals surface area contributed by atoms with Crippen molar-refractivity contribution >= 4 is 27.7 Å². The molecule has 2 aromatic carbocycles. The molecule has 0 unspecified atom stereocenters. The smallest absolute Gasteiger partial charge is 0.137 e. The van der Waals surface area contributed by atoms with E-state index in [9.17, 15) is 8.78 Å². The lowest BCUT2D eigenvalue weighted by atomic mass is 10.2. The van der Waals surface area contributed by atoms with Gasteiger partial charge in [0.2, 0.25) is 0 Å². The van der Waals surface area contributed by atoms with Crippen molar-refractivity contribution in [3.63, 3.8) is 0 Å². The van der Waals surface area contributed by atoms with Gasteiger partial charge >= 0.3 is 0 Å². The van der Waals surface area contributed by atoms with Gasteiger partial charge in [-0.15, -0.1) is 0 Å². The predicted octanol–water partition coefficient (Wildman–Crippen LogP) is 4.60. The lowest BCUT2D eigenvalue weighted by Crippen LogP contribution is -2.06. The van der Waals surface area contributed by atoms with Crippen LogP contribution in [0.15, 0.2) is 50.7 Å². The van der Waals surface area contributed by atoms with E-state index in [1.165, 1.54) is 17.8 Å². The Bertz CT molecular complexity index is 590. The summed E-state index contributed by atoms with van der Waals surface area (Å²) in [6.45, 7) is 0.665. The van der Waals surface area contributed by atoms with E-state index in [0.29, 0.717) is 11.4 Å².